The lowest BCUT2D eigenvalue weighted by Crippen LogP contribution is -2.38. The largest absolute Gasteiger partial charge is 0.436 e. The van der Waals surface area contributed by atoms with Crippen LogP contribution in [0.5, 0.6) is 0 Å². The van der Waals surface area contributed by atoms with Crippen molar-refractivity contribution in [3.63, 3.8) is 0 Å². The standard InChI is InChI=1S/C23H21N3O/c1-14-9-10-18-19-7-5-11-24-23(19)27-22(18)21(14)26-15(2)25-13-17(26)12-16-6-3-4-8-20(16)25/h3-11,15,17H,12-13H2,1-2H3/t15-,17?/m0/s1. The first-order valence-electron chi connectivity index (χ1n) is 9.62. The van der Waals surface area contributed by atoms with Gasteiger partial charge in [-0.2, -0.15) is 0 Å². The lowest BCUT2D eigenvalue weighted by Gasteiger charge is -2.30. The predicted octanol–water partition coefficient (Wildman–Crippen LogP) is 4.89. The van der Waals surface area contributed by atoms with Crippen molar-refractivity contribution >= 4 is 33.4 Å². The number of aromatic nitrogens is 1. The second kappa shape index (κ2) is 5.26. The first kappa shape index (κ1) is 15.1. The molecular formula is C23H21N3O. The van der Waals surface area contributed by atoms with E-state index in [1.807, 2.05) is 6.07 Å². The minimum Gasteiger partial charge on any atom is -0.436 e. The number of para-hydroxylation sites is 1. The van der Waals surface area contributed by atoms with Gasteiger partial charge in [0.05, 0.1) is 17.9 Å². The van der Waals surface area contributed by atoms with E-state index in [2.05, 4.69) is 71.1 Å². The smallest absolute Gasteiger partial charge is 0.227 e. The molecule has 6 rings (SSSR count). The molecule has 4 heteroatoms. The van der Waals surface area contributed by atoms with Crippen LogP contribution in [0.4, 0.5) is 11.4 Å². The van der Waals surface area contributed by atoms with Gasteiger partial charge >= 0.3 is 0 Å². The van der Waals surface area contributed by atoms with E-state index in [1.165, 1.54) is 22.5 Å². The van der Waals surface area contributed by atoms with Crippen LogP contribution in [0.1, 0.15) is 18.1 Å². The highest BCUT2D eigenvalue weighted by Crippen LogP contribution is 2.44. The van der Waals surface area contributed by atoms with Crippen molar-refractivity contribution in [2.45, 2.75) is 32.5 Å². The number of fused-ring (bicyclic) bond motifs is 7. The maximum atomic E-state index is 6.28. The lowest BCUT2D eigenvalue weighted by atomic mass is 9.99. The molecule has 2 aromatic carbocycles. The zero-order valence-electron chi connectivity index (χ0n) is 15.5. The quantitative estimate of drug-likeness (QED) is 0.487. The van der Waals surface area contributed by atoms with Crippen LogP contribution in [-0.4, -0.2) is 23.7 Å². The molecule has 134 valence electrons. The van der Waals surface area contributed by atoms with Gasteiger partial charge in [-0.05, 0) is 49.6 Å². The molecule has 0 N–H and O–H groups in total. The minimum absolute atomic E-state index is 0.295. The van der Waals surface area contributed by atoms with Crippen molar-refractivity contribution < 1.29 is 4.42 Å². The second-order valence-electron chi connectivity index (χ2n) is 7.74. The minimum atomic E-state index is 0.295. The van der Waals surface area contributed by atoms with Crippen molar-refractivity contribution in [3.8, 4) is 0 Å². The number of aryl methyl sites for hydroxylation is 1. The third-order valence-corrected chi connectivity index (χ3v) is 6.26. The van der Waals surface area contributed by atoms with Crippen molar-refractivity contribution in [2.75, 3.05) is 16.3 Å². The summed E-state index contributed by atoms with van der Waals surface area (Å²) < 4.78 is 6.28. The molecule has 2 aromatic heterocycles. The molecule has 4 aromatic rings. The summed E-state index contributed by atoms with van der Waals surface area (Å²) in [5, 5.41) is 2.24. The molecule has 2 bridgehead atoms. The van der Waals surface area contributed by atoms with E-state index in [4.69, 9.17) is 4.42 Å². The molecular weight excluding hydrogens is 334 g/mol. The van der Waals surface area contributed by atoms with E-state index < -0.39 is 0 Å². The summed E-state index contributed by atoms with van der Waals surface area (Å²) in [6.45, 7) is 5.56. The summed E-state index contributed by atoms with van der Waals surface area (Å²) in [6.07, 6.45) is 3.17. The highest BCUT2D eigenvalue weighted by Gasteiger charge is 2.42. The Balaban J connectivity index is 1.58. The number of nitrogens with zero attached hydrogens (tertiary/aromatic N) is 3. The van der Waals surface area contributed by atoms with E-state index >= 15 is 0 Å². The van der Waals surface area contributed by atoms with Crippen LogP contribution in [0.3, 0.4) is 0 Å². The predicted molar refractivity (Wildman–Crippen MR) is 109 cm³/mol. The van der Waals surface area contributed by atoms with Crippen LogP contribution in [-0.2, 0) is 6.42 Å². The maximum Gasteiger partial charge on any atom is 0.227 e. The van der Waals surface area contributed by atoms with E-state index in [1.54, 1.807) is 6.20 Å². The van der Waals surface area contributed by atoms with Gasteiger partial charge in [0.15, 0.2) is 5.58 Å². The topological polar surface area (TPSA) is 32.5 Å². The molecule has 0 radical (unpaired) electrons. The Bertz CT molecular complexity index is 1190. The first-order valence-corrected chi connectivity index (χ1v) is 9.62. The van der Waals surface area contributed by atoms with Crippen LogP contribution >= 0.6 is 0 Å². The SMILES string of the molecule is Cc1ccc2c(oc3ncccc32)c1N1C2Cc3ccccc3N(C2)[C@@H]1C. The van der Waals surface area contributed by atoms with Crippen molar-refractivity contribution in [3.05, 3.63) is 65.9 Å². The Labute approximate surface area is 158 Å². The van der Waals surface area contributed by atoms with E-state index in [0.717, 1.165) is 35.0 Å². The Morgan fingerprint density at radius 3 is 2.85 bits per heavy atom. The number of anilines is 2. The zero-order valence-corrected chi connectivity index (χ0v) is 15.5. The molecule has 0 amide bonds. The van der Waals surface area contributed by atoms with Crippen molar-refractivity contribution in [2.24, 2.45) is 0 Å². The molecule has 4 nitrogen and oxygen atoms in total. The third-order valence-electron chi connectivity index (χ3n) is 6.26. The van der Waals surface area contributed by atoms with Gasteiger partial charge in [0.1, 0.15) is 0 Å². The third kappa shape index (κ3) is 1.95. The van der Waals surface area contributed by atoms with Gasteiger partial charge in [-0.25, -0.2) is 4.98 Å². The van der Waals surface area contributed by atoms with E-state index in [0.29, 0.717) is 12.2 Å². The Morgan fingerprint density at radius 2 is 1.93 bits per heavy atom. The van der Waals surface area contributed by atoms with E-state index in [9.17, 15) is 0 Å². The molecule has 0 saturated carbocycles. The summed E-state index contributed by atoms with van der Waals surface area (Å²) in [7, 11) is 0. The summed E-state index contributed by atoms with van der Waals surface area (Å²) in [5.74, 6) is 0. The van der Waals surface area contributed by atoms with Gasteiger partial charge in [-0.1, -0.05) is 30.3 Å². The van der Waals surface area contributed by atoms with Crippen LogP contribution in [0.15, 0.2) is 59.1 Å². The summed E-state index contributed by atoms with van der Waals surface area (Å²) in [6, 6.07) is 17.7. The number of benzene rings is 2. The number of furan rings is 1. The summed E-state index contributed by atoms with van der Waals surface area (Å²) in [5.41, 5.74) is 6.98. The Kier molecular flexibility index (Phi) is 2.94. The molecule has 1 saturated heterocycles. The second-order valence-corrected chi connectivity index (χ2v) is 7.74. The Hall–Kier alpha value is -3.01. The maximum absolute atomic E-state index is 6.28. The van der Waals surface area contributed by atoms with Crippen LogP contribution < -0.4 is 9.80 Å². The number of rotatable bonds is 1. The van der Waals surface area contributed by atoms with Crippen molar-refractivity contribution in [1.82, 2.24) is 4.98 Å². The number of hydrogen-bond donors (Lipinski definition) is 0. The zero-order chi connectivity index (χ0) is 18.1. The summed E-state index contributed by atoms with van der Waals surface area (Å²) in [4.78, 5) is 9.54. The lowest BCUT2D eigenvalue weighted by molar-refractivity contribution is 0.631. The van der Waals surface area contributed by atoms with Gasteiger partial charge in [-0.3, -0.25) is 0 Å². The average Bonchev–Trinajstić information content (AvgIpc) is 3.18. The highest BCUT2D eigenvalue weighted by atomic mass is 16.3. The van der Waals surface area contributed by atoms with Crippen LogP contribution in [0.25, 0.3) is 22.1 Å². The van der Waals surface area contributed by atoms with Gasteiger partial charge in [-0.15, -0.1) is 0 Å². The molecule has 1 fully saturated rings. The molecule has 4 heterocycles. The van der Waals surface area contributed by atoms with Crippen LogP contribution in [0.2, 0.25) is 0 Å². The molecule has 2 aliphatic heterocycles. The molecule has 2 atom stereocenters. The van der Waals surface area contributed by atoms with E-state index in [-0.39, 0.29) is 0 Å². The summed E-state index contributed by atoms with van der Waals surface area (Å²) >= 11 is 0. The first-order chi connectivity index (χ1) is 13.2. The highest BCUT2D eigenvalue weighted by molar-refractivity contribution is 6.08. The fourth-order valence-corrected chi connectivity index (χ4v) is 5.05. The Morgan fingerprint density at radius 1 is 1.04 bits per heavy atom. The molecule has 2 aliphatic rings. The van der Waals surface area contributed by atoms with Gasteiger partial charge < -0.3 is 14.2 Å². The monoisotopic (exact) mass is 355 g/mol. The molecule has 27 heavy (non-hydrogen) atoms. The number of hydrogen-bond acceptors (Lipinski definition) is 4. The molecule has 1 unspecified atom stereocenters. The fraction of sp³-hybridized carbons (Fsp3) is 0.261. The average molecular weight is 355 g/mol. The van der Waals surface area contributed by atoms with Gasteiger partial charge in [0.25, 0.3) is 0 Å². The normalized spacial score (nSPS) is 21.3. The number of pyridine rings is 1. The fourth-order valence-electron chi connectivity index (χ4n) is 5.05. The molecule has 0 aliphatic carbocycles. The van der Waals surface area contributed by atoms with Crippen molar-refractivity contribution in [1.29, 1.82) is 0 Å². The van der Waals surface area contributed by atoms with Gasteiger partial charge in [0, 0.05) is 29.2 Å². The van der Waals surface area contributed by atoms with Crippen LogP contribution in [0, 0.1) is 6.92 Å². The van der Waals surface area contributed by atoms with Gasteiger partial charge in [0.2, 0.25) is 5.71 Å². The molecule has 0 spiro atoms.